The lowest BCUT2D eigenvalue weighted by Crippen LogP contribution is -2.51. The third kappa shape index (κ3) is 9.84. The predicted octanol–water partition coefficient (Wildman–Crippen LogP) is 3.16. The van der Waals surface area contributed by atoms with Gasteiger partial charge in [0.1, 0.15) is 18.1 Å². The van der Waals surface area contributed by atoms with Crippen LogP contribution in [0.1, 0.15) is 26.3 Å². The predicted molar refractivity (Wildman–Crippen MR) is 168 cm³/mol. The number of benzene rings is 3. The zero-order chi connectivity index (χ0) is 33.1. The number of hydrogen-bond donors (Lipinski definition) is 4. The molecule has 16 heteroatoms. The lowest BCUT2D eigenvalue weighted by molar-refractivity contribution is -0.149. The summed E-state index contributed by atoms with van der Waals surface area (Å²) in [6.07, 6.45) is 2.99. The maximum Gasteiger partial charge on any atom is 0.313 e. The third-order valence-electron chi connectivity index (χ3n) is 5.84. The van der Waals surface area contributed by atoms with E-state index >= 15 is 0 Å². The van der Waals surface area contributed by atoms with Crippen LogP contribution < -0.4 is 26.2 Å². The van der Waals surface area contributed by atoms with Gasteiger partial charge in [-0.25, -0.2) is 5.48 Å². The summed E-state index contributed by atoms with van der Waals surface area (Å²) in [5.41, 5.74) is 3.30. The van der Waals surface area contributed by atoms with Gasteiger partial charge in [-0.1, -0.05) is 41.9 Å². The van der Waals surface area contributed by atoms with Gasteiger partial charge in [-0.3, -0.25) is 19.2 Å². The van der Waals surface area contributed by atoms with Crippen LogP contribution in [0.2, 0.25) is 5.02 Å². The Morgan fingerprint density at radius 1 is 1.02 bits per heavy atom. The molecule has 3 amide bonds. The van der Waals surface area contributed by atoms with Crippen LogP contribution >= 0.6 is 11.6 Å². The first kappa shape index (κ1) is 33.1. The molecule has 236 valence electrons. The minimum absolute atomic E-state index is 0.00860. The Balaban J connectivity index is 1.47. The molecule has 4 N–H and O–H groups in total. The molecule has 0 aliphatic rings. The summed E-state index contributed by atoms with van der Waals surface area (Å²) in [5, 5.41) is 28.2. The Hall–Kier alpha value is -5.85. The van der Waals surface area contributed by atoms with Gasteiger partial charge in [0.05, 0.1) is 17.0 Å². The molecule has 0 fully saturated rings. The van der Waals surface area contributed by atoms with Gasteiger partial charge in [-0.2, -0.15) is 9.94 Å². The second-order valence-electron chi connectivity index (χ2n) is 10.5. The molecule has 0 radical (unpaired) electrons. The van der Waals surface area contributed by atoms with E-state index in [1.807, 2.05) is 6.07 Å². The second-order valence-corrected chi connectivity index (χ2v) is 11.0. The van der Waals surface area contributed by atoms with Crippen molar-refractivity contribution in [2.45, 2.75) is 38.8 Å². The van der Waals surface area contributed by atoms with E-state index in [1.165, 1.54) is 17.1 Å². The number of amides is 3. The van der Waals surface area contributed by atoms with E-state index in [0.29, 0.717) is 27.7 Å². The number of carbonyl (C=O) groups is 3. The van der Waals surface area contributed by atoms with Crippen molar-refractivity contribution in [2.75, 3.05) is 10.6 Å². The van der Waals surface area contributed by atoms with Crippen molar-refractivity contribution < 1.29 is 24.0 Å². The smallest absolute Gasteiger partial charge is 0.313 e. The number of tetrazole rings is 1. The molecule has 1 heterocycles. The summed E-state index contributed by atoms with van der Waals surface area (Å²) in [6, 6.07) is 18.8. The van der Waals surface area contributed by atoms with Gasteiger partial charge in [-0.15, -0.1) is 10.1 Å². The fourth-order valence-corrected chi connectivity index (χ4v) is 3.94. The lowest BCUT2D eigenvalue weighted by Gasteiger charge is -2.23. The minimum Gasteiger partial charge on any atom is -0.425 e. The van der Waals surface area contributed by atoms with Crippen LogP contribution in [0.3, 0.4) is 0 Å². The first-order valence-electron chi connectivity index (χ1n) is 13.7. The largest absolute Gasteiger partial charge is 0.425 e. The van der Waals surface area contributed by atoms with E-state index in [1.54, 1.807) is 87.6 Å². The molecule has 4 aromatic rings. The number of aromatic nitrogens is 4. The molecule has 0 bridgehead atoms. The number of para-hydroxylation sites is 1. The van der Waals surface area contributed by atoms with Gasteiger partial charge in [0.2, 0.25) is 6.19 Å². The van der Waals surface area contributed by atoms with Crippen LogP contribution in [0.4, 0.5) is 11.4 Å². The van der Waals surface area contributed by atoms with Crippen molar-refractivity contribution in [3.05, 3.63) is 89.7 Å². The molecule has 0 spiro atoms. The van der Waals surface area contributed by atoms with Gasteiger partial charge < -0.3 is 20.7 Å². The summed E-state index contributed by atoms with van der Waals surface area (Å²) in [4.78, 5) is 48.2. The number of carbonyl (C=O) groups excluding carboxylic acids is 3. The van der Waals surface area contributed by atoms with Gasteiger partial charge in [-0.05, 0) is 79.2 Å². The van der Waals surface area contributed by atoms with Crippen LogP contribution in [-0.2, 0) is 25.6 Å². The lowest BCUT2D eigenvalue weighted by atomic mass is 10.0. The first-order valence-corrected chi connectivity index (χ1v) is 14.1. The van der Waals surface area contributed by atoms with Gasteiger partial charge in [0.15, 0.2) is 0 Å². The van der Waals surface area contributed by atoms with E-state index in [0.717, 1.165) is 0 Å². The number of halogens is 1. The highest BCUT2D eigenvalue weighted by Gasteiger charge is 2.27. The number of nitrogens with zero attached hydrogens (tertiary/aromatic N) is 6. The summed E-state index contributed by atoms with van der Waals surface area (Å²) in [6.45, 7) is 5.20. The van der Waals surface area contributed by atoms with Gasteiger partial charge in [0, 0.05) is 17.1 Å². The second kappa shape index (κ2) is 15.2. The minimum atomic E-state index is -1.21. The molecular formula is C30H29ClN10O5. The molecular weight excluding hydrogens is 616 g/mol. The quantitative estimate of drug-likeness (QED) is 0.0690. The number of rotatable bonds is 9. The van der Waals surface area contributed by atoms with Crippen LogP contribution in [0.25, 0.3) is 5.69 Å². The Morgan fingerprint density at radius 2 is 1.76 bits per heavy atom. The van der Waals surface area contributed by atoms with Crippen LogP contribution in [0.5, 0.6) is 5.75 Å². The van der Waals surface area contributed by atoms with Crippen molar-refractivity contribution in [2.24, 2.45) is 4.99 Å². The van der Waals surface area contributed by atoms with Crippen LogP contribution in [0.15, 0.2) is 84.1 Å². The maximum atomic E-state index is 13.1. The number of aliphatic imine (C=N–C) groups is 1. The third-order valence-corrected chi connectivity index (χ3v) is 6.08. The molecule has 0 saturated heterocycles. The normalized spacial score (nSPS) is 11.9. The number of nitriles is 1. The average molecular weight is 645 g/mol. The van der Waals surface area contributed by atoms with Crippen LogP contribution in [-0.4, -0.2) is 55.6 Å². The van der Waals surface area contributed by atoms with Gasteiger partial charge in [0.25, 0.3) is 5.91 Å². The average Bonchev–Trinajstić information content (AvgIpc) is 3.55. The number of ether oxygens (including phenoxy) is 1. The Morgan fingerprint density at radius 3 is 2.41 bits per heavy atom. The number of nitrogens with one attached hydrogen (secondary N) is 4. The summed E-state index contributed by atoms with van der Waals surface area (Å²) < 4.78 is 6.91. The van der Waals surface area contributed by atoms with E-state index in [9.17, 15) is 14.4 Å². The topological polar surface area (TPSA) is 198 Å². The molecule has 15 nitrogen and oxygen atoms in total. The molecule has 4 rings (SSSR count). The fraction of sp³-hybridized carbons (Fsp3) is 0.200. The van der Waals surface area contributed by atoms with E-state index in [-0.39, 0.29) is 18.1 Å². The molecule has 3 aromatic carbocycles. The SMILES string of the molecule is CC(C)(C)ONC(=O)[C@H](Cc1ccc(N/C(=N/C#N)Oc2ccccc2)cc1)NC(=O)C(=O)Nc1cc(Cl)ccc1-n1cnnn1. The Bertz CT molecular complexity index is 1730. The molecule has 46 heavy (non-hydrogen) atoms. The highest BCUT2D eigenvalue weighted by atomic mass is 35.5. The molecule has 0 aliphatic heterocycles. The van der Waals surface area contributed by atoms with Crippen molar-refractivity contribution in [3.8, 4) is 17.6 Å². The zero-order valence-corrected chi connectivity index (χ0v) is 25.6. The molecule has 1 aromatic heterocycles. The number of anilines is 2. The van der Waals surface area contributed by atoms with E-state index in [2.05, 4.69) is 41.9 Å². The molecule has 0 saturated carbocycles. The Labute approximate surface area is 268 Å². The maximum absolute atomic E-state index is 13.1. The standard InChI is InChI=1S/C30H29ClN10O5/c1-30(2,3)46-38-26(42)24(37-28(44)27(43)36-23-16-20(31)11-14-25(23)41-18-34-39-40-41)15-19-9-12-21(13-10-19)35-29(33-17-32)45-22-7-5-4-6-8-22/h4-14,16,18,24H,15H2,1-3H3,(H,33,35)(H,36,43)(H,37,44)(H,38,42)/t24-/m0/s1. The number of hydroxylamine groups is 1. The number of hydrogen-bond acceptors (Lipinski definition) is 10. The summed E-state index contributed by atoms with van der Waals surface area (Å²) in [7, 11) is 0. The van der Waals surface area contributed by atoms with Crippen LogP contribution in [0, 0.1) is 11.5 Å². The number of amidine groups is 1. The zero-order valence-electron chi connectivity index (χ0n) is 24.9. The van der Waals surface area contributed by atoms with Crippen molar-refractivity contribution in [1.29, 1.82) is 5.26 Å². The summed E-state index contributed by atoms with van der Waals surface area (Å²) >= 11 is 6.11. The monoisotopic (exact) mass is 644 g/mol. The van der Waals surface area contributed by atoms with E-state index < -0.39 is 29.4 Å². The summed E-state index contributed by atoms with van der Waals surface area (Å²) in [5.74, 6) is -2.36. The Kier molecular flexibility index (Phi) is 10.9. The van der Waals surface area contributed by atoms with Gasteiger partial charge >= 0.3 is 17.8 Å². The molecule has 0 aliphatic carbocycles. The molecule has 1 atom stereocenters. The molecule has 0 unspecified atom stereocenters. The highest BCUT2D eigenvalue weighted by molar-refractivity contribution is 6.40. The van der Waals surface area contributed by atoms with E-state index in [4.69, 9.17) is 26.4 Å². The van der Waals surface area contributed by atoms with Crippen molar-refractivity contribution in [3.63, 3.8) is 0 Å². The first-order chi connectivity index (χ1) is 22.0. The highest BCUT2D eigenvalue weighted by Crippen LogP contribution is 2.24. The van der Waals surface area contributed by atoms with Crippen molar-refractivity contribution in [1.82, 2.24) is 31.0 Å². The van der Waals surface area contributed by atoms with Crippen molar-refractivity contribution >= 4 is 46.7 Å². The fourth-order valence-electron chi connectivity index (χ4n) is 3.77.